The summed E-state index contributed by atoms with van der Waals surface area (Å²) in [6, 6.07) is 7.26. The summed E-state index contributed by atoms with van der Waals surface area (Å²) in [4.78, 5) is 4.09. The molecular weight excluding hydrogens is 293 g/mol. The van der Waals surface area contributed by atoms with E-state index in [9.17, 15) is 13.2 Å². The van der Waals surface area contributed by atoms with E-state index in [4.69, 9.17) is 5.73 Å². The van der Waals surface area contributed by atoms with Gasteiger partial charge in [-0.1, -0.05) is 24.4 Å². The molecule has 0 bridgehead atoms. The highest BCUT2D eigenvalue weighted by Gasteiger charge is 2.40. The standard InChI is InChI=1S/C12H11F3N2S2/c13-12(14,15)7(5-10(16)18)6-11-17-8-3-1-2-4-9(8)19-11/h1-4,7H,5-6H2,(H2,16,18)/t7-/m0/s1. The normalized spacial score (nSPS) is 13.6. The van der Waals surface area contributed by atoms with Crippen LogP contribution in [0.1, 0.15) is 11.4 Å². The third-order valence-electron chi connectivity index (χ3n) is 2.67. The first-order valence-corrected chi connectivity index (χ1v) is 6.78. The number of hydrogen-bond acceptors (Lipinski definition) is 3. The summed E-state index contributed by atoms with van der Waals surface area (Å²) in [6.07, 6.45) is -4.84. The van der Waals surface area contributed by atoms with Crippen molar-refractivity contribution >= 4 is 38.8 Å². The van der Waals surface area contributed by atoms with Gasteiger partial charge in [0.2, 0.25) is 0 Å². The molecule has 0 saturated heterocycles. The van der Waals surface area contributed by atoms with Gasteiger partial charge in [-0.05, 0) is 12.1 Å². The zero-order valence-electron chi connectivity index (χ0n) is 9.78. The van der Waals surface area contributed by atoms with Crippen molar-refractivity contribution in [1.29, 1.82) is 0 Å². The van der Waals surface area contributed by atoms with Gasteiger partial charge in [-0.2, -0.15) is 13.2 Å². The van der Waals surface area contributed by atoms with E-state index in [-0.39, 0.29) is 17.8 Å². The summed E-state index contributed by atoms with van der Waals surface area (Å²) in [5.41, 5.74) is 5.95. The third kappa shape index (κ3) is 3.63. The van der Waals surface area contributed by atoms with Crippen molar-refractivity contribution in [2.24, 2.45) is 11.7 Å². The number of para-hydroxylation sites is 1. The largest absolute Gasteiger partial charge is 0.393 e. The van der Waals surface area contributed by atoms with Gasteiger partial charge in [0, 0.05) is 12.8 Å². The smallest absolute Gasteiger partial charge is 0.392 e. The number of thiocarbonyl (C=S) groups is 1. The molecule has 2 N–H and O–H groups in total. The van der Waals surface area contributed by atoms with E-state index >= 15 is 0 Å². The van der Waals surface area contributed by atoms with Crippen LogP contribution in [0.25, 0.3) is 10.2 Å². The number of alkyl halides is 3. The highest BCUT2D eigenvalue weighted by molar-refractivity contribution is 7.80. The van der Waals surface area contributed by atoms with Gasteiger partial charge in [-0.3, -0.25) is 0 Å². The second-order valence-electron chi connectivity index (χ2n) is 4.19. The monoisotopic (exact) mass is 304 g/mol. The molecule has 19 heavy (non-hydrogen) atoms. The molecule has 0 unspecified atom stereocenters. The summed E-state index contributed by atoms with van der Waals surface area (Å²) in [5.74, 6) is -1.56. The maximum atomic E-state index is 12.9. The fourth-order valence-corrected chi connectivity index (χ4v) is 3.01. The maximum absolute atomic E-state index is 12.9. The van der Waals surface area contributed by atoms with Crippen LogP contribution in [0, 0.1) is 5.92 Å². The van der Waals surface area contributed by atoms with Crippen LogP contribution in [0.5, 0.6) is 0 Å². The molecule has 0 radical (unpaired) electrons. The number of thiazole rings is 1. The van der Waals surface area contributed by atoms with E-state index < -0.39 is 12.1 Å². The van der Waals surface area contributed by atoms with E-state index in [1.807, 2.05) is 18.2 Å². The van der Waals surface area contributed by atoms with E-state index in [0.717, 1.165) is 10.2 Å². The molecule has 1 aromatic heterocycles. The molecule has 0 fully saturated rings. The second-order valence-corrected chi connectivity index (χ2v) is 5.83. The van der Waals surface area contributed by atoms with E-state index in [1.165, 1.54) is 11.3 Å². The minimum Gasteiger partial charge on any atom is -0.393 e. The fraction of sp³-hybridized carbons (Fsp3) is 0.333. The summed E-state index contributed by atoms with van der Waals surface area (Å²) < 4.78 is 39.5. The van der Waals surface area contributed by atoms with Crippen molar-refractivity contribution in [3.05, 3.63) is 29.3 Å². The Morgan fingerprint density at radius 1 is 1.37 bits per heavy atom. The molecule has 1 atom stereocenters. The molecule has 0 aliphatic carbocycles. The van der Waals surface area contributed by atoms with Crippen LogP contribution in [0.4, 0.5) is 13.2 Å². The Morgan fingerprint density at radius 3 is 2.63 bits per heavy atom. The molecule has 1 aromatic carbocycles. The molecule has 0 saturated carbocycles. The predicted octanol–water partition coefficient (Wildman–Crippen LogP) is 3.69. The van der Waals surface area contributed by atoms with Gasteiger partial charge in [0.05, 0.1) is 26.1 Å². The summed E-state index contributed by atoms with van der Waals surface area (Å²) in [6.45, 7) is 0. The average Bonchev–Trinajstić information content (AvgIpc) is 2.68. The van der Waals surface area contributed by atoms with E-state index in [0.29, 0.717) is 5.01 Å². The molecule has 2 rings (SSSR count). The molecule has 1 heterocycles. The molecule has 2 nitrogen and oxygen atoms in total. The Morgan fingerprint density at radius 2 is 2.05 bits per heavy atom. The number of nitrogens with zero attached hydrogens (tertiary/aromatic N) is 1. The lowest BCUT2D eigenvalue weighted by atomic mass is 10.0. The summed E-state index contributed by atoms with van der Waals surface area (Å²) >= 11 is 5.86. The van der Waals surface area contributed by atoms with Crippen LogP contribution in [0.2, 0.25) is 0 Å². The summed E-state index contributed by atoms with van der Waals surface area (Å²) in [7, 11) is 0. The lowest BCUT2D eigenvalue weighted by molar-refractivity contribution is -0.172. The highest BCUT2D eigenvalue weighted by Crippen LogP contribution is 2.33. The molecule has 0 aliphatic rings. The molecule has 0 amide bonds. The Kier molecular flexibility index (Phi) is 4.05. The van der Waals surface area contributed by atoms with Crippen LogP contribution in [0.3, 0.4) is 0 Å². The van der Waals surface area contributed by atoms with Crippen molar-refractivity contribution in [2.45, 2.75) is 19.0 Å². The predicted molar refractivity (Wildman–Crippen MR) is 74.3 cm³/mol. The summed E-state index contributed by atoms with van der Waals surface area (Å²) in [5, 5.41) is 0.458. The van der Waals surface area contributed by atoms with Gasteiger partial charge in [-0.25, -0.2) is 4.98 Å². The lowest BCUT2D eigenvalue weighted by Gasteiger charge is -2.18. The Bertz CT molecular complexity index is 559. The number of benzene rings is 1. The minimum atomic E-state index is -4.32. The zero-order chi connectivity index (χ0) is 14.0. The van der Waals surface area contributed by atoms with E-state index in [2.05, 4.69) is 17.2 Å². The van der Waals surface area contributed by atoms with Crippen molar-refractivity contribution in [1.82, 2.24) is 4.98 Å². The number of halogens is 3. The first kappa shape index (κ1) is 14.2. The Hall–Kier alpha value is -1.21. The van der Waals surface area contributed by atoms with Crippen molar-refractivity contribution in [2.75, 3.05) is 0 Å². The Labute approximate surface area is 117 Å². The van der Waals surface area contributed by atoms with Crippen molar-refractivity contribution < 1.29 is 13.2 Å². The number of nitrogens with two attached hydrogens (primary N) is 1. The average molecular weight is 304 g/mol. The zero-order valence-corrected chi connectivity index (χ0v) is 11.4. The van der Waals surface area contributed by atoms with Crippen molar-refractivity contribution in [3.63, 3.8) is 0 Å². The van der Waals surface area contributed by atoms with E-state index in [1.54, 1.807) is 6.07 Å². The van der Waals surface area contributed by atoms with Crippen LogP contribution >= 0.6 is 23.6 Å². The van der Waals surface area contributed by atoms with Gasteiger partial charge in [0.1, 0.15) is 0 Å². The number of aromatic nitrogens is 1. The molecular formula is C12H11F3N2S2. The van der Waals surface area contributed by atoms with Crippen LogP contribution < -0.4 is 5.73 Å². The minimum absolute atomic E-state index is 0.122. The molecule has 102 valence electrons. The number of hydrogen-bond donors (Lipinski definition) is 1. The van der Waals surface area contributed by atoms with Crippen LogP contribution in [0.15, 0.2) is 24.3 Å². The SMILES string of the molecule is NC(=S)C[C@@H](Cc1nc2ccccc2s1)C(F)(F)F. The third-order valence-corrected chi connectivity index (χ3v) is 3.90. The lowest BCUT2D eigenvalue weighted by Crippen LogP contribution is -2.29. The van der Waals surface area contributed by atoms with Crippen LogP contribution in [-0.4, -0.2) is 16.1 Å². The highest BCUT2D eigenvalue weighted by atomic mass is 32.1. The molecule has 0 spiro atoms. The second kappa shape index (κ2) is 5.42. The quantitative estimate of drug-likeness (QED) is 0.876. The fourth-order valence-electron chi connectivity index (χ4n) is 1.76. The maximum Gasteiger partial charge on any atom is 0.392 e. The van der Waals surface area contributed by atoms with Gasteiger partial charge in [-0.15, -0.1) is 11.3 Å². The van der Waals surface area contributed by atoms with Gasteiger partial charge in [0.15, 0.2) is 0 Å². The van der Waals surface area contributed by atoms with Crippen LogP contribution in [-0.2, 0) is 6.42 Å². The molecule has 2 aromatic rings. The van der Waals surface area contributed by atoms with Gasteiger partial charge in [0.25, 0.3) is 0 Å². The number of rotatable bonds is 4. The first-order chi connectivity index (χ1) is 8.86. The van der Waals surface area contributed by atoms with Gasteiger partial charge >= 0.3 is 6.18 Å². The number of fused-ring (bicyclic) bond motifs is 1. The topological polar surface area (TPSA) is 38.9 Å². The van der Waals surface area contributed by atoms with Crippen molar-refractivity contribution in [3.8, 4) is 0 Å². The first-order valence-electron chi connectivity index (χ1n) is 5.55. The van der Waals surface area contributed by atoms with Gasteiger partial charge < -0.3 is 5.73 Å². The molecule has 0 aliphatic heterocycles. The Balaban J connectivity index is 2.23. The molecule has 7 heteroatoms.